The molecule has 2 rings (SSSR count). The Kier molecular flexibility index (Phi) is 4.09. The van der Waals surface area contributed by atoms with Crippen LogP contribution in [0.2, 0.25) is 0 Å². The average Bonchev–Trinajstić information content (AvgIpc) is 2.69. The van der Waals surface area contributed by atoms with Crippen LogP contribution in [-0.4, -0.2) is 41.7 Å². The second-order valence-electron chi connectivity index (χ2n) is 6.09. The van der Waals surface area contributed by atoms with Gasteiger partial charge >= 0.3 is 0 Å². The van der Waals surface area contributed by atoms with Crippen molar-refractivity contribution in [1.82, 2.24) is 14.7 Å². The van der Waals surface area contributed by atoms with E-state index in [1.165, 1.54) is 0 Å². The first-order chi connectivity index (χ1) is 9.29. The summed E-state index contributed by atoms with van der Waals surface area (Å²) in [4.78, 5) is 2.09. The zero-order valence-electron chi connectivity index (χ0n) is 12.4. The summed E-state index contributed by atoms with van der Waals surface area (Å²) in [6.45, 7) is 5.02. The molecule has 3 nitrogen and oxygen atoms in total. The van der Waals surface area contributed by atoms with E-state index >= 15 is 0 Å². The summed E-state index contributed by atoms with van der Waals surface area (Å²) >= 11 is 0. The van der Waals surface area contributed by atoms with Gasteiger partial charge < -0.3 is 4.90 Å². The van der Waals surface area contributed by atoms with Gasteiger partial charge in [-0.2, -0.15) is 5.10 Å². The molecule has 0 fully saturated rings. The Morgan fingerprint density at radius 3 is 2.60 bits per heavy atom. The molecule has 0 unspecified atom stereocenters. The monoisotopic (exact) mass is 281 g/mol. The molecule has 0 spiro atoms. The number of hydrogen-bond donors (Lipinski definition) is 0. The average molecular weight is 281 g/mol. The molecule has 2 aromatic rings. The van der Waals surface area contributed by atoms with Gasteiger partial charge in [0.05, 0.1) is 17.3 Å². The molecule has 0 saturated heterocycles. The largest absolute Gasteiger partial charge is 0.307 e. The van der Waals surface area contributed by atoms with E-state index in [1.54, 1.807) is 12.3 Å². The molecule has 110 valence electrons. The smallest absolute Gasteiger partial charge is 0.242 e. The molecule has 0 N–H and O–H groups in total. The minimum Gasteiger partial charge on any atom is -0.307 e. The quantitative estimate of drug-likeness (QED) is 0.839. The third kappa shape index (κ3) is 3.15. The first-order valence-electron chi connectivity index (χ1n) is 6.69. The highest BCUT2D eigenvalue weighted by molar-refractivity contribution is 5.79. The predicted molar refractivity (Wildman–Crippen MR) is 77.3 cm³/mol. The van der Waals surface area contributed by atoms with E-state index in [4.69, 9.17) is 0 Å². The maximum Gasteiger partial charge on any atom is 0.242 e. The highest BCUT2D eigenvalue weighted by Gasteiger charge is 2.24. The highest BCUT2D eigenvalue weighted by Crippen LogP contribution is 2.24. The van der Waals surface area contributed by atoms with Crippen LogP contribution in [0, 0.1) is 0 Å². The topological polar surface area (TPSA) is 21.1 Å². The van der Waals surface area contributed by atoms with E-state index in [0.717, 1.165) is 17.4 Å². The van der Waals surface area contributed by atoms with E-state index in [2.05, 4.69) is 23.8 Å². The van der Waals surface area contributed by atoms with E-state index in [1.807, 2.05) is 30.9 Å². The number of aromatic nitrogens is 2. The number of fused-ring (bicyclic) bond motifs is 1. The number of benzene rings is 1. The van der Waals surface area contributed by atoms with Crippen LogP contribution in [0.5, 0.6) is 0 Å². The van der Waals surface area contributed by atoms with Gasteiger partial charge in [-0.25, -0.2) is 8.78 Å². The molecule has 0 aliphatic rings. The summed E-state index contributed by atoms with van der Waals surface area (Å²) in [5, 5.41) is 5.42. The van der Waals surface area contributed by atoms with Crippen LogP contribution in [0.15, 0.2) is 24.4 Å². The summed E-state index contributed by atoms with van der Waals surface area (Å²) in [6.07, 6.45) is -0.743. The predicted octanol–water partition coefficient (Wildman–Crippen LogP) is 3.14. The van der Waals surface area contributed by atoms with E-state index in [9.17, 15) is 8.78 Å². The number of hydrogen-bond acceptors (Lipinski definition) is 2. The summed E-state index contributed by atoms with van der Waals surface area (Å²) < 4.78 is 27.0. The van der Waals surface area contributed by atoms with Crippen LogP contribution in [0.25, 0.3) is 10.9 Å². The zero-order chi connectivity index (χ0) is 14.9. The Bertz CT molecular complexity index is 588. The number of alkyl halides is 2. The van der Waals surface area contributed by atoms with Gasteiger partial charge in [-0.1, -0.05) is 12.1 Å². The normalized spacial score (nSPS) is 12.8. The Morgan fingerprint density at radius 1 is 1.30 bits per heavy atom. The van der Waals surface area contributed by atoms with Crippen LogP contribution in [-0.2, 0) is 12.0 Å². The van der Waals surface area contributed by atoms with Crippen molar-refractivity contribution in [2.75, 3.05) is 20.6 Å². The van der Waals surface area contributed by atoms with Crippen molar-refractivity contribution in [3.63, 3.8) is 0 Å². The maximum atomic E-state index is 12.5. The number of likely N-dealkylation sites (N-methyl/N-ethyl adjacent to an activating group) is 1. The van der Waals surface area contributed by atoms with Crippen molar-refractivity contribution in [3.05, 3.63) is 30.0 Å². The van der Waals surface area contributed by atoms with E-state index in [-0.39, 0.29) is 12.0 Å². The minimum atomic E-state index is -2.32. The Balaban J connectivity index is 2.43. The van der Waals surface area contributed by atoms with E-state index < -0.39 is 6.43 Å². The molecular formula is C15H21F2N3. The van der Waals surface area contributed by atoms with Crippen molar-refractivity contribution >= 4 is 10.9 Å². The molecule has 0 bridgehead atoms. The first-order valence-corrected chi connectivity index (χ1v) is 6.69. The highest BCUT2D eigenvalue weighted by atomic mass is 19.3. The molecule has 1 aromatic carbocycles. The fourth-order valence-electron chi connectivity index (χ4n) is 2.69. The Labute approximate surface area is 118 Å². The van der Waals surface area contributed by atoms with Crippen LogP contribution >= 0.6 is 0 Å². The molecule has 0 atom stereocenters. The molecular weight excluding hydrogens is 260 g/mol. The summed E-state index contributed by atoms with van der Waals surface area (Å²) in [5.74, 6) is 0. The molecule has 0 amide bonds. The lowest BCUT2D eigenvalue weighted by molar-refractivity contribution is 0.149. The van der Waals surface area contributed by atoms with Crippen LogP contribution < -0.4 is 0 Å². The molecule has 5 heteroatoms. The number of halogens is 2. The third-order valence-electron chi connectivity index (χ3n) is 3.30. The minimum absolute atomic E-state index is 0.200. The van der Waals surface area contributed by atoms with Gasteiger partial charge in [-0.05, 0) is 39.6 Å². The zero-order valence-corrected chi connectivity index (χ0v) is 12.4. The van der Waals surface area contributed by atoms with E-state index in [0.29, 0.717) is 5.56 Å². The summed E-state index contributed by atoms with van der Waals surface area (Å²) in [5.41, 5.74) is 1.36. The lowest BCUT2D eigenvalue weighted by Gasteiger charge is -2.29. The van der Waals surface area contributed by atoms with Gasteiger partial charge in [-0.15, -0.1) is 0 Å². The second-order valence-corrected chi connectivity index (χ2v) is 6.09. The fraction of sp³-hybridized carbons (Fsp3) is 0.533. The van der Waals surface area contributed by atoms with Gasteiger partial charge in [0.25, 0.3) is 0 Å². The van der Waals surface area contributed by atoms with Crippen molar-refractivity contribution < 1.29 is 8.78 Å². The molecule has 20 heavy (non-hydrogen) atoms. The molecule has 1 aromatic heterocycles. The molecule has 1 heterocycles. The summed E-state index contributed by atoms with van der Waals surface area (Å²) in [6, 6.07) is 5.44. The van der Waals surface area contributed by atoms with Gasteiger partial charge in [-0.3, -0.25) is 4.68 Å². The first kappa shape index (κ1) is 14.9. The maximum absolute atomic E-state index is 12.5. The lowest BCUT2D eigenvalue weighted by Crippen LogP contribution is -2.38. The second kappa shape index (κ2) is 5.48. The van der Waals surface area contributed by atoms with Crippen molar-refractivity contribution in [2.45, 2.75) is 32.2 Å². The van der Waals surface area contributed by atoms with Crippen LogP contribution in [0.3, 0.4) is 0 Å². The standard InChI is InChI=1S/C15H21F2N3/c1-15(2,10-19(3)4)20-13-7-11(8-14(16)17)5-6-12(13)9-18-20/h5-7,9,14H,8,10H2,1-4H3. The molecule has 0 saturated carbocycles. The van der Waals surface area contributed by atoms with Gasteiger partial charge in [0.15, 0.2) is 0 Å². The van der Waals surface area contributed by atoms with Crippen molar-refractivity contribution in [2.24, 2.45) is 0 Å². The van der Waals surface area contributed by atoms with Crippen molar-refractivity contribution in [1.29, 1.82) is 0 Å². The summed E-state index contributed by atoms with van der Waals surface area (Å²) in [7, 11) is 4.02. The fourth-order valence-corrected chi connectivity index (χ4v) is 2.69. The number of rotatable bonds is 5. The van der Waals surface area contributed by atoms with Gasteiger partial charge in [0.1, 0.15) is 0 Å². The molecule has 0 radical (unpaired) electrons. The lowest BCUT2D eigenvalue weighted by atomic mass is 10.0. The molecule has 0 aliphatic carbocycles. The van der Waals surface area contributed by atoms with Gasteiger partial charge in [0, 0.05) is 18.4 Å². The van der Waals surface area contributed by atoms with Crippen LogP contribution in [0.1, 0.15) is 19.4 Å². The Hall–Kier alpha value is -1.49. The Morgan fingerprint density at radius 2 is 2.00 bits per heavy atom. The number of nitrogens with zero attached hydrogens (tertiary/aromatic N) is 3. The molecule has 0 aliphatic heterocycles. The SMILES string of the molecule is CN(C)CC(C)(C)n1ncc2ccc(CC(F)F)cc21. The van der Waals surface area contributed by atoms with Crippen molar-refractivity contribution in [3.8, 4) is 0 Å². The van der Waals surface area contributed by atoms with Gasteiger partial charge in [0.2, 0.25) is 6.43 Å². The van der Waals surface area contributed by atoms with Crippen LogP contribution in [0.4, 0.5) is 8.78 Å². The third-order valence-corrected chi connectivity index (χ3v) is 3.30.